The summed E-state index contributed by atoms with van der Waals surface area (Å²) in [6, 6.07) is 6.56. The Balaban J connectivity index is 1.73. The van der Waals surface area contributed by atoms with E-state index in [0.717, 1.165) is 11.3 Å². The van der Waals surface area contributed by atoms with E-state index in [2.05, 4.69) is 0 Å². The molecule has 1 unspecified atom stereocenters. The third kappa shape index (κ3) is 2.42. The van der Waals surface area contributed by atoms with E-state index in [9.17, 15) is 19.5 Å². The van der Waals surface area contributed by atoms with Gasteiger partial charge in [0.05, 0.1) is 17.2 Å². The molecule has 0 spiro atoms. The molecule has 3 rings (SSSR count). The van der Waals surface area contributed by atoms with Gasteiger partial charge in [0, 0.05) is 13.1 Å². The lowest BCUT2D eigenvalue weighted by Gasteiger charge is -2.31. The number of amides is 3. The summed E-state index contributed by atoms with van der Waals surface area (Å²) in [6.45, 7) is 0.556. The molecule has 1 fully saturated rings. The van der Waals surface area contributed by atoms with Crippen molar-refractivity contribution in [1.82, 2.24) is 9.80 Å². The number of nitrogens with zero attached hydrogens (tertiary/aromatic N) is 2. The lowest BCUT2D eigenvalue weighted by atomic mass is 10.1. The van der Waals surface area contributed by atoms with Crippen molar-refractivity contribution >= 4 is 17.7 Å². The molecule has 21 heavy (non-hydrogen) atoms. The zero-order valence-electron chi connectivity index (χ0n) is 11.5. The minimum atomic E-state index is -0.523. The number of carbonyl (C=O) groups is 3. The molecule has 0 aliphatic carbocycles. The predicted molar refractivity (Wildman–Crippen MR) is 73.6 cm³/mol. The number of aliphatic hydroxyl groups is 1. The largest absolute Gasteiger partial charge is 0.391 e. The Bertz CT molecular complexity index is 578. The van der Waals surface area contributed by atoms with Crippen molar-refractivity contribution in [1.29, 1.82) is 0 Å². The first kappa shape index (κ1) is 13.8. The Morgan fingerprint density at radius 2 is 1.81 bits per heavy atom. The number of hydrogen-bond donors (Lipinski definition) is 1. The van der Waals surface area contributed by atoms with Crippen molar-refractivity contribution in [3.8, 4) is 0 Å². The van der Waals surface area contributed by atoms with Crippen molar-refractivity contribution < 1.29 is 19.5 Å². The molecule has 1 aromatic carbocycles. The molecule has 2 aliphatic heterocycles. The first-order chi connectivity index (χ1) is 10.1. The second-order valence-electron chi connectivity index (χ2n) is 5.38. The topological polar surface area (TPSA) is 77.9 Å². The molecule has 0 radical (unpaired) electrons. The Morgan fingerprint density at radius 3 is 2.38 bits per heavy atom. The number of aliphatic hydroxyl groups excluding tert-OH is 1. The fraction of sp³-hybridized carbons (Fsp3) is 0.400. The van der Waals surface area contributed by atoms with Crippen LogP contribution in [0.3, 0.4) is 0 Å². The average molecular weight is 288 g/mol. The highest BCUT2D eigenvalue weighted by atomic mass is 16.3. The van der Waals surface area contributed by atoms with Crippen molar-refractivity contribution in [3.63, 3.8) is 0 Å². The van der Waals surface area contributed by atoms with Crippen LogP contribution in [0.1, 0.15) is 33.6 Å². The van der Waals surface area contributed by atoms with Gasteiger partial charge in [-0.1, -0.05) is 12.1 Å². The fourth-order valence-electron chi connectivity index (χ4n) is 2.80. The highest BCUT2D eigenvalue weighted by Crippen LogP contribution is 2.22. The zero-order valence-corrected chi connectivity index (χ0v) is 11.5. The lowest BCUT2D eigenvalue weighted by Crippen LogP contribution is -2.47. The van der Waals surface area contributed by atoms with Crippen LogP contribution in [0.15, 0.2) is 24.3 Å². The van der Waals surface area contributed by atoms with Gasteiger partial charge in [-0.15, -0.1) is 0 Å². The number of carbonyl (C=O) groups excluding carboxylic acids is 3. The van der Waals surface area contributed by atoms with Gasteiger partial charge in [-0.2, -0.15) is 0 Å². The van der Waals surface area contributed by atoms with E-state index in [1.54, 1.807) is 24.3 Å². The van der Waals surface area contributed by atoms with Crippen LogP contribution in [0.2, 0.25) is 0 Å². The number of β-amino-alcohol motifs (C(OH)–C–C–N with tert-alkyl or cyclic N) is 1. The van der Waals surface area contributed by atoms with Gasteiger partial charge in [0.2, 0.25) is 5.91 Å². The molecule has 1 N–H and O–H groups in total. The van der Waals surface area contributed by atoms with Gasteiger partial charge in [0.1, 0.15) is 6.54 Å². The molecule has 110 valence electrons. The third-order valence-corrected chi connectivity index (χ3v) is 3.92. The van der Waals surface area contributed by atoms with Gasteiger partial charge < -0.3 is 10.0 Å². The smallest absolute Gasteiger partial charge is 0.262 e. The quantitative estimate of drug-likeness (QED) is 0.792. The molecule has 0 aromatic heterocycles. The summed E-state index contributed by atoms with van der Waals surface area (Å²) < 4.78 is 0. The maximum atomic E-state index is 12.2. The fourth-order valence-corrected chi connectivity index (χ4v) is 2.80. The summed E-state index contributed by atoms with van der Waals surface area (Å²) in [5.74, 6) is -1.16. The van der Waals surface area contributed by atoms with E-state index in [4.69, 9.17) is 0 Å². The SMILES string of the molecule is O=C(CN1C(=O)c2ccccc2C1=O)N1CCCC(O)C1. The number of rotatable bonds is 2. The number of benzene rings is 1. The van der Waals surface area contributed by atoms with Crippen molar-refractivity contribution in [3.05, 3.63) is 35.4 Å². The summed E-state index contributed by atoms with van der Waals surface area (Å²) in [7, 11) is 0. The average Bonchev–Trinajstić information content (AvgIpc) is 2.73. The first-order valence-electron chi connectivity index (χ1n) is 6.99. The second-order valence-corrected chi connectivity index (χ2v) is 5.38. The van der Waals surface area contributed by atoms with Gasteiger partial charge in [-0.05, 0) is 25.0 Å². The lowest BCUT2D eigenvalue weighted by molar-refractivity contribution is -0.134. The van der Waals surface area contributed by atoms with Gasteiger partial charge in [-0.3, -0.25) is 19.3 Å². The van der Waals surface area contributed by atoms with Gasteiger partial charge in [-0.25, -0.2) is 0 Å². The number of likely N-dealkylation sites (tertiary alicyclic amines) is 1. The van der Waals surface area contributed by atoms with Crippen LogP contribution in [0, 0.1) is 0 Å². The second kappa shape index (κ2) is 5.29. The Kier molecular flexibility index (Phi) is 3.47. The summed E-state index contributed by atoms with van der Waals surface area (Å²) in [4.78, 5) is 39.1. The van der Waals surface area contributed by atoms with E-state index < -0.39 is 17.9 Å². The molecule has 2 aliphatic rings. The molecule has 3 amide bonds. The van der Waals surface area contributed by atoms with Crippen molar-refractivity contribution in [2.45, 2.75) is 18.9 Å². The maximum absolute atomic E-state index is 12.2. The van der Waals surface area contributed by atoms with Crippen molar-refractivity contribution in [2.75, 3.05) is 19.6 Å². The van der Waals surface area contributed by atoms with Crippen LogP contribution < -0.4 is 0 Å². The van der Waals surface area contributed by atoms with Gasteiger partial charge in [0.15, 0.2) is 0 Å². The minimum Gasteiger partial charge on any atom is -0.391 e. The molecular formula is C15H16N2O4. The number of hydrogen-bond acceptors (Lipinski definition) is 4. The first-order valence-corrected chi connectivity index (χ1v) is 6.99. The number of piperidine rings is 1. The Labute approximate surface area is 122 Å². The van der Waals surface area contributed by atoms with Crippen LogP contribution >= 0.6 is 0 Å². The van der Waals surface area contributed by atoms with Crippen LogP contribution in [0.25, 0.3) is 0 Å². The highest BCUT2D eigenvalue weighted by Gasteiger charge is 2.37. The molecule has 0 bridgehead atoms. The summed E-state index contributed by atoms with van der Waals surface area (Å²) >= 11 is 0. The number of imide groups is 1. The maximum Gasteiger partial charge on any atom is 0.262 e. The van der Waals surface area contributed by atoms with Gasteiger partial charge >= 0.3 is 0 Å². The highest BCUT2D eigenvalue weighted by molar-refractivity contribution is 6.22. The number of fused-ring (bicyclic) bond motifs is 1. The summed E-state index contributed by atoms with van der Waals surface area (Å²) in [6.07, 6.45) is 0.885. The molecular weight excluding hydrogens is 272 g/mol. The van der Waals surface area contributed by atoms with E-state index in [-0.39, 0.29) is 19.0 Å². The van der Waals surface area contributed by atoms with Gasteiger partial charge in [0.25, 0.3) is 11.8 Å². The zero-order chi connectivity index (χ0) is 15.0. The molecule has 0 saturated carbocycles. The van der Waals surface area contributed by atoms with E-state index in [1.807, 2.05) is 0 Å². The van der Waals surface area contributed by atoms with E-state index in [1.165, 1.54) is 4.90 Å². The van der Waals surface area contributed by atoms with E-state index >= 15 is 0 Å². The predicted octanol–water partition coefficient (Wildman–Crippen LogP) is 0.266. The van der Waals surface area contributed by atoms with Crippen LogP contribution in [-0.2, 0) is 4.79 Å². The summed E-state index contributed by atoms with van der Waals surface area (Å²) in [5.41, 5.74) is 0.683. The standard InChI is InChI=1S/C15H16N2O4/c18-10-4-3-7-16(8-10)13(19)9-17-14(20)11-5-1-2-6-12(11)15(17)21/h1-2,5-6,10,18H,3-4,7-9H2. The van der Waals surface area contributed by atoms with Crippen LogP contribution in [0.5, 0.6) is 0 Å². The van der Waals surface area contributed by atoms with Crippen molar-refractivity contribution in [2.24, 2.45) is 0 Å². The molecule has 1 saturated heterocycles. The van der Waals surface area contributed by atoms with Crippen LogP contribution in [0.4, 0.5) is 0 Å². The molecule has 1 atom stereocenters. The summed E-state index contributed by atoms with van der Waals surface area (Å²) in [5, 5.41) is 9.59. The van der Waals surface area contributed by atoms with Crippen LogP contribution in [-0.4, -0.2) is 58.4 Å². The normalized spacial score (nSPS) is 21.7. The molecule has 6 heteroatoms. The molecule has 2 heterocycles. The minimum absolute atomic E-state index is 0.265. The van der Waals surface area contributed by atoms with E-state index in [0.29, 0.717) is 24.1 Å². The Hall–Kier alpha value is -2.21. The third-order valence-electron chi connectivity index (χ3n) is 3.92. The molecule has 6 nitrogen and oxygen atoms in total. The Morgan fingerprint density at radius 1 is 1.19 bits per heavy atom. The monoisotopic (exact) mass is 288 g/mol. The molecule has 1 aromatic rings.